The lowest BCUT2D eigenvalue weighted by Crippen LogP contribution is -2.02. The lowest BCUT2D eigenvalue weighted by atomic mass is 10.1. The third-order valence-electron chi connectivity index (χ3n) is 2.33. The van der Waals surface area contributed by atoms with E-state index in [9.17, 15) is 0 Å². The third-order valence-corrected chi connectivity index (χ3v) is 2.84. The molecule has 0 fully saturated rings. The molecule has 0 aliphatic carbocycles. The van der Waals surface area contributed by atoms with Crippen LogP contribution in [0.2, 0.25) is 10.0 Å². The van der Waals surface area contributed by atoms with Gasteiger partial charge in [-0.2, -0.15) is 0 Å². The Labute approximate surface area is 111 Å². The molecule has 0 bridgehead atoms. The molecule has 0 amide bonds. The van der Waals surface area contributed by atoms with Crippen LogP contribution in [-0.4, -0.2) is 0 Å². The highest BCUT2D eigenvalue weighted by atomic mass is 35.5. The highest BCUT2D eigenvalue weighted by molar-refractivity contribution is 6.30. The summed E-state index contributed by atoms with van der Waals surface area (Å²) < 4.78 is 5.68. The summed E-state index contributed by atoms with van der Waals surface area (Å²) in [5.74, 6) is 0.740. The van der Waals surface area contributed by atoms with Gasteiger partial charge in [-0.05, 0) is 48.9 Å². The highest BCUT2D eigenvalue weighted by Gasteiger charge is 2.07. The molecule has 0 aromatic heterocycles. The molecular weight excluding hydrogens is 255 g/mol. The van der Waals surface area contributed by atoms with Crippen molar-refractivity contribution in [2.75, 3.05) is 0 Å². The number of hydrogen-bond donors (Lipinski definition) is 0. The van der Waals surface area contributed by atoms with Crippen LogP contribution in [0.15, 0.2) is 48.5 Å². The molecule has 0 saturated carbocycles. The zero-order chi connectivity index (χ0) is 12.3. The fourth-order valence-corrected chi connectivity index (χ4v) is 1.67. The van der Waals surface area contributed by atoms with Gasteiger partial charge in [0, 0.05) is 10.0 Å². The fourth-order valence-electron chi connectivity index (χ4n) is 1.42. The Kier molecular flexibility index (Phi) is 3.93. The highest BCUT2D eigenvalue weighted by Crippen LogP contribution is 2.23. The maximum Gasteiger partial charge on any atom is 0.124 e. The summed E-state index contributed by atoms with van der Waals surface area (Å²) in [5, 5.41) is 1.39. The summed E-state index contributed by atoms with van der Waals surface area (Å²) in [7, 11) is 0. The maximum atomic E-state index is 5.82. The second kappa shape index (κ2) is 5.44. The van der Waals surface area contributed by atoms with Crippen molar-refractivity contribution in [3.8, 4) is 5.75 Å². The maximum absolute atomic E-state index is 5.82. The van der Waals surface area contributed by atoms with Crippen molar-refractivity contribution < 1.29 is 4.74 Å². The van der Waals surface area contributed by atoms with Crippen molar-refractivity contribution in [3.05, 3.63) is 71.1 Å². The van der Waals surface area contributed by atoms with Gasteiger partial charge in [-0.1, -0.05) is 35.3 Å². The van der Waals surface area contributed by atoms with E-state index in [4.69, 9.17) is 27.9 Å². The first-order valence-corrected chi connectivity index (χ1v) is 5.91. The van der Waals surface area contributed by atoms with Gasteiger partial charge in [-0.25, -0.2) is 0 Å². The Hall–Kier alpha value is -1.18. The summed E-state index contributed by atoms with van der Waals surface area (Å²) in [6.45, 7) is 3.96. The molecule has 0 spiro atoms. The first-order valence-electron chi connectivity index (χ1n) is 5.16. The molecule has 0 heterocycles. The van der Waals surface area contributed by atoms with Crippen LogP contribution in [0, 0.1) is 6.92 Å². The van der Waals surface area contributed by atoms with Crippen LogP contribution in [-0.2, 0) is 0 Å². The van der Waals surface area contributed by atoms with Gasteiger partial charge in [0.15, 0.2) is 0 Å². The number of rotatable bonds is 3. The molecule has 0 N–H and O–H groups in total. The molecule has 17 heavy (non-hydrogen) atoms. The molecule has 0 saturated heterocycles. The van der Waals surface area contributed by atoms with Crippen LogP contribution in [0.25, 0.3) is 0 Å². The van der Waals surface area contributed by atoms with Crippen molar-refractivity contribution in [1.29, 1.82) is 0 Å². The van der Waals surface area contributed by atoms with E-state index in [1.165, 1.54) is 0 Å². The van der Waals surface area contributed by atoms with Gasteiger partial charge in [0.25, 0.3) is 0 Å². The van der Waals surface area contributed by atoms with Crippen LogP contribution >= 0.6 is 23.2 Å². The van der Waals surface area contributed by atoms with E-state index >= 15 is 0 Å². The van der Waals surface area contributed by atoms with Gasteiger partial charge < -0.3 is 4.74 Å². The van der Waals surface area contributed by atoms with Gasteiger partial charge in [0.05, 0.1) is 0 Å². The number of hydrogen-bond acceptors (Lipinski definition) is 1. The van der Waals surface area contributed by atoms with Gasteiger partial charge in [0.1, 0.15) is 11.9 Å². The minimum Gasteiger partial charge on any atom is -0.486 e. The SMILES string of the molecule is [CH2]C(Oc1ccc(Cl)cc1)c1ccc(Cl)cc1. The Morgan fingerprint density at radius 3 is 1.82 bits per heavy atom. The predicted octanol–water partition coefficient (Wildman–Crippen LogP) is 4.95. The van der Waals surface area contributed by atoms with Crippen molar-refractivity contribution in [2.24, 2.45) is 0 Å². The second-order valence-corrected chi connectivity index (χ2v) is 4.48. The molecule has 0 aliphatic heterocycles. The van der Waals surface area contributed by atoms with E-state index in [0.717, 1.165) is 11.3 Å². The standard InChI is InChI=1S/C14H11Cl2O/c1-10(11-2-4-12(15)5-3-11)17-14-8-6-13(16)7-9-14/h2-10H,1H2. The van der Waals surface area contributed by atoms with Crippen LogP contribution in [0.4, 0.5) is 0 Å². The van der Waals surface area contributed by atoms with Gasteiger partial charge in [0.2, 0.25) is 0 Å². The zero-order valence-corrected chi connectivity index (χ0v) is 10.6. The topological polar surface area (TPSA) is 9.23 Å². The van der Waals surface area contributed by atoms with Crippen molar-refractivity contribution in [2.45, 2.75) is 6.10 Å². The van der Waals surface area contributed by atoms with Crippen molar-refractivity contribution in [1.82, 2.24) is 0 Å². The van der Waals surface area contributed by atoms with Gasteiger partial charge in [-0.15, -0.1) is 0 Å². The van der Waals surface area contributed by atoms with Crippen molar-refractivity contribution >= 4 is 23.2 Å². The van der Waals surface area contributed by atoms with E-state index in [-0.39, 0.29) is 6.10 Å². The largest absolute Gasteiger partial charge is 0.486 e. The number of halogens is 2. The Balaban J connectivity index is 2.08. The van der Waals surface area contributed by atoms with E-state index in [0.29, 0.717) is 10.0 Å². The average molecular weight is 266 g/mol. The van der Waals surface area contributed by atoms with E-state index < -0.39 is 0 Å². The first-order chi connectivity index (χ1) is 8.15. The van der Waals surface area contributed by atoms with E-state index in [1.54, 1.807) is 12.1 Å². The molecule has 87 valence electrons. The molecule has 0 aliphatic rings. The summed E-state index contributed by atoms with van der Waals surface area (Å²) >= 11 is 11.6. The summed E-state index contributed by atoms with van der Waals surface area (Å²) in [6, 6.07) is 14.6. The second-order valence-electron chi connectivity index (χ2n) is 3.61. The smallest absolute Gasteiger partial charge is 0.124 e. The molecule has 2 aromatic rings. The van der Waals surface area contributed by atoms with Crippen LogP contribution in [0.1, 0.15) is 11.7 Å². The van der Waals surface area contributed by atoms with Gasteiger partial charge >= 0.3 is 0 Å². The lowest BCUT2D eigenvalue weighted by Gasteiger charge is -2.15. The Morgan fingerprint density at radius 2 is 1.29 bits per heavy atom. The molecule has 2 rings (SSSR count). The zero-order valence-electron chi connectivity index (χ0n) is 9.07. The van der Waals surface area contributed by atoms with Crippen molar-refractivity contribution in [3.63, 3.8) is 0 Å². The Bertz CT molecular complexity index is 477. The quantitative estimate of drug-likeness (QED) is 0.763. The van der Waals surface area contributed by atoms with Crippen LogP contribution in [0.5, 0.6) is 5.75 Å². The molecule has 1 atom stereocenters. The normalized spacial score (nSPS) is 12.2. The minimum atomic E-state index is -0.270. The molecule has 1 radical (unpaired) electrons. The molecule has 2 aromatic carbocycles. The molecule has 1 nitrogen and oxygen atoms in total. The lowest BCUT2D eigenvalue weighted by molar-refractivity contribution is 0.253. The third kappa shape index (κ3) is 3.39. The number of ether oxygens (including phenoxy) is 1. The molecule has 3 heteroatoms. The van der Waals surface area contributed by atoms with Crippen LogP contribution in [0.3, 0.4) is 0 Å². The van der Waals surface area contributed by atoms with Crippen LogP contribution < -0.4 is 4.74 Å². The monoisotopic (exact) mass is 265 g/mol. The summed E-state index contributed by atoms with van der Waals surface area (Å²) in [6.07, 6.45) is -0.270. The average Bonchev–Trinajstić information content (AvgIpc) is 2.33. The number of benzene rings is 2. The summed E-state index contributed by atoms with van der Waals surface area (Å²) in [5.41, 5.74) is 0.976. The minimum absolute atomic E-state index is 0.270. The first kappa shape index (κ1) is 12.3. The van der Waals surface area contributed by atoms with E-state index in [1.807, 2.05) is 36.4 Å². The fraction of sp³-hybridized carbons (Fsp3) is 0.0714. The molecular formula is C14H11Cl2O. The van der Waals surface area contributed by atoms with Gasteiger partial charge in [-0.3, -0.25) is 0 Å². The Morgan fingerprint density at radius 1 is 0.824 bits per heavy atom. The predicted molar refractivity (Wildman–Crippen MR) is 71.6 cm³/mol. The molecule has 1 unspecified atom stereocenters. The van der Waals surface area contributed by atoms with E-state index in [2.05, 4.69) is 6.92 Å². The summed E-state index contributed by atoms with van der Waals surface area (Å²) in [4.78, 5) is 0.